The van der Waals surface area contributed by atoms with Gasteiger partial charge in [0.05, 0.1) is 37.1 Å². The van der Waals surface area contributed by atoms with E-state index in [1.807, 2.05) is 30.3 Å². The van der Waals surface area contributed by atoms with E-state index < -0.39 is 0 Å². The molecule has 1 amide bonds. The van der Waals surface area contributed by atoms with Gasteiger partial charge in [0, 0.05) is 44.2 Å². The van der Waals surface area contributed by atoms with Gasteiger partial charge in [-0.15, -0.1) is 0 Å². The van der Waals surface area contributed by atoms with Crippen molar-refractivity contribution in [2.24, 2.45) is 0 Å². The zero-order chi connectivity index (χ0) is 23.4. The number of amides is 1. The van der Waals surface area contributed by atoms with Crippen LogP contribution in [0.4, 0.5) is 0 Å². The highest BCUT2D eigenvalue weighted by Gasteiger charge is 2.26. The molecule has 174 valence electrons. The summed E-state index contributed by atoms with van der Waals surface area (Å²) in [6, 6.07) is 15.7. The third-order valence-electron chi connectivity index (χ3n) is 6.12. The third kappa shape index (κ3) is 5.00. The smallest absolute Gasteiger partial charge is 0.254 e. The Balaban J connectivity index is 1.62. The van der Waals surface area contributed by atoms with Gasteiger partial charge in [-0.1, -0.05) is 36.4 Å². The number of benzene rings is 2. The Morgan fingerprint density at radius 2 is 2.09 bits per heavy atom. The summed E-state index contributed by atoms with van der Waals surface area (Å²) in [5.41, 5.74) is 4.34. The molecule has 33 heavy (non-hydrogen) atoms. The van der Waals surface area contributed by atoms with Crippen molar-refractivity contribution in [3.05, 3.63) is 70.9 Å². The molecule has 1 aliphatic heterocycles. The highest BCUT2D eigenvalue weighted by atomic mass is 16.5. The van der Waals surface area contributed by atoms with E-state index in [2.05, 4.69) is 30.0 Å². The number of fused-ring (bicyclic) bond motifs is 1. The fourth-order valence-electron chi connectivity index (χ4n) is 4.39. The number of para-hydroxylation sites is 2. The van der Waals surface area contributed by atoms with Gasteiger partial charge in [-0.2, -0.15) is 0 Å². The Morgan fingerprint density at radius 1 is 1.27 bits per heavy atom. The van der Waals surface area contributed by atoms with Gasteiger partial charge >= 0.3 is 0 Å². The van der Waals surface area contributed by atoms with Crippen LogP contribution < -0.4 is 4.74 Å². The summed E-state index contributed by atoms with van der Waals surface area (Å²) in [7, 11) is 3.40. The van der Waals surface area contributed by atoms with E-state index in [1.165, 1.54) is 4.90 Å². The molecular formula is C26H31N3O4. The standard InChI is InChI=1S/C26H31N3O4/c1-18-7-6-8-19(25(18)32-3)16-29-12-14-33-24(17-29)23-15-21(26(31)28(2)11-13-30)20-9-4-5-10-22(20)27-23/h4-10,15,24,30H,11-14,16-17H2,1-3H3/t24-/m0/s1. The zero-order valence-electron chi connectivity index (χ0n) is 19.5. The molecule has 2 heterocycles. The van der Waals surface area contributed by atoms with Crippen LogP contribution in [0.15, 0.2) is 48.5 Å². The van der Waals surface area contributed by atoms with Crippen molar-refractivity contribution in [2.75, 3.05) is 47.0 Å². The fraction of sp³-hybridized carbons (Fsp3) is 0.385. The lowest BCUT2D eigenvalue weighted by molar-refractivity contribution is -0.0350. The van der Waals surface area contributed by atoms with Crippen LogP contribution in [0.2, 0.25) is 0 Å². The lowest BCUT2D eigenvalue weighted by Crippen LogP contribution is -2.38. The topological polar surface area (TPSA) is 75.1 Å². The number of aliphatic hydroxyl groups excluding tert-OH is 1. The van der Waals surface area contributed by atoms with Gasteiger partial charge in [0.25, 0.3) is 5.91 Å². The minimum Gasteiger partial charge on any atom is -0.496 e. The van der Waals surface area contributed by atoms with E-state index >= 15 is 0 Å². The zero-order valence-corrected chi connectivity index (χ0v) is 19.5. The molecule has 7 nitrogen and oxygen atoms in total. The number of carbonyl (C=O) groups is 1. The van der Waals surface area contributed by atoms with E-state index in [0.717, 1.165) is 46.6 Å². The van der Waals surface area contributed by atoms with Crippen LogP contribution in [0, 0.1) is 6.92 Å². The lowest BCUT2D eigenvalue weighted by Gasteiger charge is -2.33. The molecule has 1 saturated heterocycles. The summed E-state index contributed by atoms with van der Waals surface area (Å²) in [6.45, 7) is 5.06. The Kier molecular flexibility index (Phi) is 7.23. The van der Waals surface area contributed by atoms with Crippen LogP contribution in [0.25, 0.3) is 10.9 Å². The first kappa shape index (κ1) is 23.2. The molecule has 0 spiro atoms. The number of nitrogens with zero attached hydrogens (tertiary/aromatic N) is 3. The van der Waals surface area contributed by atoms with Crippen molar-refractivity contribution in [3.8, 4) is 5.75 Å². The molecular weight excluding hydrogens is 418 g/mol. The van der Waals surface area contributed by atoms with Gasteiger partial charge in [0.15, 0.2) is 0 Å². The van der Waals surface area contributed by atoms with Gasteiger partial charge in [-0.25, -0.2) is 4.98 Å². The Morgan fingerprint density at radius 3 is 2.88 bits per heavy atom. The number of morpholine rings is 1. The predicted molar refractivity (Wildman–Crippen MR) is 127 cm³/mol. The molecule has 7 heteroatoms. The molecule has 0 bridgehead atoms. The first-order valence-electron chi connectivity index (χ1n) is 11.2. The molecule has 2 aromatic carbocycles. The number of likely N-dealkylation sites (N-methyl/N-ethyl adjacent to an activating group) is 1. The van der Waals surface area contributed by atoms with Gasteiger partial charge in [0.1, 0.15) is 11.9 Å². The van der Waals surface area contributed by atoms with Gasteiger partial charge in [-0.3, -0.25) is 9.69 Å². The Labute approximate surface area is 194 Å². The number of aromatic nitrogens is 1. The maximum Gasteiger partial charge on any atom is 0.254 e. The van der Waals surface area contributed by atoms with Crippen molar-refractivity contribution >= 4 is 16.8 Å². The predicted octanol–water partition coefficient (Wildman–Crippen LogP) is 3.19. The molecule has 1 atom stereocenters. The fourth-order valence-corrected chi connectivity index (χ4v) is 4.39. The molecule has 1 aromatic heterocycles. The number of aryl methyl sites for hydroxylation is 1. The van der Waals surface area contributed by atoms with Crippen LogP contribution in [0.3, 0.4) is 0 Å². The number of hydrogen-bond acceptors (Lipinski definition) is 6. The van der Waals surface area contributed by atoms with E-state index in [1.54, 1.807) is 14.2 Å². The highest BCUT2D eigenvalue weighted by molar-refractivity contribution is 6.06. The van der Waals surface area contributed by atoms with Gasteiger partial charge in [-0.05, 0) is 24.6 Å². The first-order valence-corrected chi connectivity index (χ1v) is 11.2. The molecule has 3 aromatic rings. The average molecular weight is 450 g/mol. The second-order valence-electron chi connectivity index (χ2n) is 8.42. The number of methoxy groups -OCH3 is 1. The summed E-state index contributed by atoms with van der Waals surface area (Å²) in [5, 5.41) is 10.1. The van der Waals surface area contributed by atoms with Crippen molar-refractivity contribution in [2.45, 2.75) is 19.6 Å². The van der Waals surface area contributed by atoms with Crippen LogP contribution in [-0.4, -0.2) is 72.8 Å². The average Bonchev–Trinajstić information content (AvgIpc) is 2.83. The van der Waals surface area contributed by atoms with Crippen LogP contribution >= 0.6 is 0 Å². The number of ether oxygens (including phenoxy) is 2. The lowest BCUT2D eigenvalue weighted by atomic mass is 10.0. The van der Waals surface area contributed by atoms with Crippen molar-refractivity contribution < 1.29 is 19.4 Å². The van der Waals surface area contributed by atoms with Crippen molar-refractivity contribution in [1.29, 1.82) is 0 Å². The molecule has 1 N–H and O–H groups in total. The minimum absolute atomic E-state index is 0.0821. The molecule has 0 unspecified atom stereocenters. The Bertz CT molecular complexity index is 1130. The minimum atomic E-state index is -0.242. The second kappa shape index (κ2) is 10.3. The molecule has 1 aliphatic rings. The van der Waals surface area contributed by atoms with Gasteiger partial charge < -0.3 is 19.5 Å². The maximum atomic E-state index is 13.1. The largest absolute Gasteiger partial charge is 0.496 e. The number of rotatable bonds is 7. The number of pyridine rings is 1. The number of carbonyl (C=O) groups excluding carboxylic acids is 1. The van der Waals surface area contributed by atoms with E-state index in [4.69, 9.17) is 14.5 Å². The van der Waals surface area contributed by atoms with E-state index in [-0.39, 0.29) is 25.2 Å². The van der Waals surface area contributed by atoms with E-state index in [9.17, 15) is 9.90 Å². The summed E-state index contributed by atoms with van der Waals surface area (Å²) in [6.07, 6.45) is -0.242. The second-order valence-corrected chi connectivity index (χ2v) is 8.42. The molecule has 0 radical (unpaired) electrons. The summed E-state index contributed by atoms with van der Waals surface area (Å²) < 4.78 is 11.7. The molecule has 4 rings (SSSR count). The van der Waals surface area contributed by atoms with Crippen LogP contribution in [0.1, 0.15) is 33.3 Å². The monoisotopic (exact) mass is 449 g/mol. The first-order chi connectivity index (χ1) is 16.0. The molecule has 1 fully saturated rings. The van der Waals surface area contributed by atoms with E-state index in [0.29, 0.717) is 18.7 Å². The SMILES string of the molecule is COc1c(C)cccc1CN1CCO[C@H](c2cc(C(=O)N(C)CCO)c3ccccc3n2)C1. The molecule has 0 saturated carbocycles. The molecule has 0 aliphatic carbocycles. The Hall–Kier alpha value is -3.00. The number of aliphatic hydroxyl groups is 1. The van der Waals surface area contributed by atoms with Gasteiger partial charge in [0.2, 0.25) is 0 Å². The van der Waals surface area contributed by atoms with Crippen molar-refractivity contribution in [3.63, 3.8) is 0 Å². The quantitative estimate of drug-likeness (QED) is 0.597. The summed E-state index contributed by atoms with van der Waals surface area (Å²) >= 11 is 0. The normalized spacial score (nSPS) is 16.7. The number of hydrogen-bond donors (Lipinski definition) is 1. The third-order valence-corrected chi connectivity index (χ3v) is 6.12. The highest BCUT2D eigenvalue weighted by Crippen LogP contribution is 2.29. The van der Waals surface area contributed by atoms with Crippen LogP contribution in [0.5, 0.6) is 5.75 Å². The maximum absolute atomic E-state index is 13.1. The summed E-state index contributed by atoms with van der Waals surface area (Å²) in [4.78, 5) is 21.8. The van der Waals surface area contributed by atoms with Crippen molar-refractivity contribution in [1.82, 2.24) is 14.8 Å². The van der Waals surface area contributed by atoms with Crippen LogP contribution in [-0.2, 0) is 11.3 Å². The summed E-state index contributed by atoms with van der Waals surface area (Å²) in [5.74, 6) is 0.783.